The van der Waals surface area contributed by atoms with Gasteiger partial charge in [0.25, 0.3) is 0 Å². The van der Waals surface area contributed by atoms with E-state index in [1.165, 1.54) is 5.41 Å². The van der Waals surface area contributed by atoms with Crippen LogP contribution in [-0.4, -0.2) is 20.2 Å². The normalized spacial score (nSPS) is 24.1. The van der Waals surface area contributed by atoms with Crippen LogP contribution in [-0.2, 0) is 16.4 Å². The van der Waals surface area contributed by atoms with Crippen LogP contribution in [0.5, 0.6) is 0 Å². The molecular formula is C9H11NO3S. The zero-order valence-corrected chi connectivity index (χ0v) is 8.33. The summed E-state index contributed by atoms with van der Waals surface area (Å²) in [5.74, 6) is 0.158. The second-order valence-electron chi connectivity index (χ2n) is 3.28. The Morgan fingerprint density at radius 1 is 1.57 bits per heavy atom. The lowest BCUT2D eigenvalue weighted by Gasteiger charge is -2.07. The molecule has 1 aliphatic heterocycles. The fraction of sp³-hybridized carbons (Fsp3) is 0.333. The molecule has 14 heavy (non-hydrogen) atoms. The Morgan fingerprint density at radius 3 is 3.00 bits per heavy atom. The van der Waals surface area contributed by atoms with Crippen LogP contribution in [0.3, 0.4) is 0 Å². The van der Waals surface area contributed by atoms with Gasteiger partial charge in [0.15, 0.2) is 9.84 Å². The van der Waals surface area contributed by atoms with Gasteiger partial charge in [-0.1, -0.05) is 6.08 Å². The van der Waals surface area contributed by atoms with Crippen LogP contribution in [0, 0.1) is 0 Å². The Bertz CT molecular complexity index is 419. The van der Waals surface area contributed by atoms with Crippen molar-refractivity contribution in [2.24, 2.45) is 0 Å². The predicted octanol–water partition coefficient (Wildman–Crippen LogP) is 0.680. The van der Waals surface area contributed by atoms with E-state index in [2.05, 4.69) is 5.32 Å². The maximum absolute atomic E-state index is 11.1. The van der Waals surface area contributed by atoms with Crippen LogP contribution in [0.15, 0.2) is 34.5 Å². The molecule has 0 fully saturated rings. The van der Waals surface area contributed by atoms with E-state index in [0.717, 1.165) is 5.56 Å². The molecule has 0 aromatic carbocycles. The summed E-state index contributed by atoms with van der Waals surface area (Å²) in [7, 11) is -2.95. The molecule has 2 rings (SSSR count). The third-order valence-corrected chi connectivity index (χ3v) is 3.47. The molecule has 0 aliphatic carbocycles. The molecule has 1 unspecified atom stereocenters. The lowest BCUT2D eigenvalue weighted by molar-refractivity contribution is 0.557. The second kappa shape index (κ2) is 3.59. The zero-order valence-electron chi connectivity index (χ0n) is 7.51. The quantitative estimate of drug-likeness (QED) is 0.802. The van der Waals surface area contributed by atoms with Crippen LogP contribution >= 0.6 is 0 Å². The minimum Gasteiger partial charge on any atom is -0.472 e. The Hall–Kier alpha value is -1.07. The fourth-order valence-corrected chi connectivity index (χ4v) is 2.61. The molecule has 76 valence electrons. The van der Waals surface area contributed by atoms with Crippen molar-refractivity contribution in [2.45, 2.75) is 12.6 Å². The monoisotopic (exact) mass is 213 g/mol. The van der Waals surface area contributed by atoms with Crippen LogP contribution in [0.25, 0.3) is 0 Å². The number of rotatable bonds is 3. The lowest BCUT2D eigenvalue weighted by atomic mass is 10.3. The van der Waals surface area contributed by atoms with Crippen molar-refractivity contribution < 1.29 is 12.8 Å². The van der Waals surface area contributed by atoms with E-state index >= 15 is 0 Å². The maximum Gasteiger partial charge on any atom is 0.173 e. The second-order valence-corrected chi connectivity index (χ2v) is 5.21. The first-order valence-corrected chi connectivity index (χ1v) is 6.03. The molecule has 2 heterocycles. The molecule has 0 bridgehead atoms. The molecular weight excluding hydrogens is 202 g/mol. The molecule has 0 spiro atoms. The molecule has 1 aromatic rings. The first-order valence-electron chi connectivity index (χ1n) is 4.31. The summed E-state index contributed by atoms with van der Waals surface area (Å²) < 4.78 is 27.0. The van der Waals surface area contributed by atoms with Crippen molar-refractivity contribution >= 4 is 9.84 Å². The average Bonchev–Trinajstić information content (AvgIpc) is 2.70. The van der Waals surface area contributed by atoms with Crippen LogP contribution in [0.4, 0.5) is 0 Å². The van der Waals surface area contributed by atoms with Gasteiger partial charge in [-0.05, 0) is 6.07 Å². The molecule has 0 amide bonds. The smallest absolute Gasteiger partial charge is 0.173 e. The fourth-order valence-electron chi connectivity index (χ4n) is 1.35. The predicted molar refractivity (Wildman–Crippen MR) is 52.3 cm³/mol. The van der Waals surface area contributed by atoms with Crippen molar-refractivity contribution in [2.75, 3.05) is 5.75 Å². The van der Waals surface area contributed by atoms with E-state index in [0.29, 0.717) is 6.54 Å². The average molecular weight is 213 g/mol. The van der Waals surface area contributed by atoms with Gasteiger partial charge >= 0.3 is 0 Å². The van der Waals surface area contributed by atoms with Crippen molar-refractivity contribution in [3.63, 3.8) is 0 Å². The topological polar surface area (TPSA) is 59.3 Å². The van der Waals surface area contributed by atoms with E-state index in [4.69, 9.17) is 4.42 Å². The van der Waals surface area contributed by atoms with Crippen LogP contribution < -0.4 is 5.32 Å². The van der Waals surface area contributed by atoms with E-state index < -0.39 is 9.84 Å². The molecule has 1 aromatic heterocycles. The van der Waals surface area contributed by atoms with E-state index in [-0.39, 0.29) is 11.8 Å². The summed E-state index contributed by atoms with van der Waals surface area (Å²) in [4.78, 5) is 0. The third kappa shape index (κ3) is 2.24. The number of nitrogens with one attached hydrogen (secondary N) is 1. The highest BCUT2D eigenvalue weighted by Gasteiger charge is 2.20. The zero-order chi connectivity index (χ0) is 10.0. The number of furan rings is 1. The highest BCUT2D eigenvalue weighted by Crippen LogP contribution is 2.09. The van der Waals surface area contributed by atoms with Gasteiger partial charge in [-0.3, -0.25) is 0 Å². The first-order chi connectivity index (χ1) is 6.66. The lowest BCUT2D eigenvalue weighted by Crippen LogP contribution is -2.29. The van der Waals surface area contributed by atoms with Gasteiger partial charge in [0.2, 0.25) is 0 Å². The molecule has 0 saturated heterocycles. The van der Waals surface area contributed by atoms with Gasteiger partial charge < -0.3 is 9.73 Å². The molecule has 1 atom stereocenters. The minimum absolute atomic E-state index is 0.0742. The Kier molecular flexibility index (Phi) is 2.43. The number of sulfone groups is 1. The van der Waals surface area contributed by atoms with Crippen LogP contribution in [0.1, 0.15) is 5.56 Å². The summed E-state index contributed by atoms with van der Waals surface area (Å²) in [6.07, 6.45) is 4.91. The summed E-state index contributed by atoms with van der Waals surface area (Å²) in [6.45, 7) is 0.626. The van der Waals surface area contributed by atoms with Gasteiger partial charge in [-0.2, -0.15) is 0 Å². The summed E-state index contributed by atoms with van der Waals surface area (Å²) in [6, 6.07) is 1.77. The SMILES string of the molecule is O=S1(=O)C=CC(NCc2ccoc2)C1. The van der Waals surface area contributed by atoms with Gasteiger partial charge in [0.05, 0.1) is 18.3 Å². The van der Waals surface area contributed by atoms with Gasteiger partial charge in [0, 0.05) is 23.6 Å². The molecule has 0 radical (unpaired) electrons. The van der Waals surface area contributed by atoms with Gasteiger partial charge in [-0.25, -0.2) is 8.42 Å². The van der Waals surface area contributed by atoms with Crippen molar-refractivity contribution in [1.29, 1.82) is 0 Å². The highest BCUT2D eigenvalue weighted by atomic mass is 32.2. The number of hydrogen-bond donors (Lipinski definition) is 1. The van der Waals surface area contributed by atoms with Gasteiger partial charge in [0.1, 0.15) is 0 Å². The van der Waals surface area contributed by atoms with E-state index in [1.807, 2.05) is 6.07 Å². The maximum atomic E-state index is 11.1. The van der Waals surface area contributed by atoms with E-state index in [9.17, 15) is 8.42 Å². The van der Waals surface area contributed by atoms with Crippen molar-refractivity contribution in [3.05, 3.63) is 35.6 Å². The largest absolute Gasteiger partial charge is 0.472 e. The van der Waals surface area contributed by atoms with Crippen molar-refractivity contribution in [1.82, 2.24) is 5.32 Å². The third-order valence-electron chi connectivity index (χ3n) is 2.08. The standard InChI is InChI=1S/C9H11NO3S/c11-14(12)4-2-9(7-14)10-5-8-1-3-13-6-8/h1-4,6,9-10H,5,7H2. The Balaban J connectivity index is 1.87. The van der Waals surface area contributed by atoms with Crippen molar-refractivity contribution in [3.8, 4) is 0 Å². The van der Waals surface area contributed by atoms with Gasteiger partial charge in [-0.15, -0.1) is 0 Å². The summed E-state index contributed by atoms with van der Waals surface area (Å²) in [5.41, 5.74) is 1.02. The molecule has 0 saturated carbocycles. The number of hydrogen-bond acceptors (Lipinski definition) is 4. The Morgan fingerprint density at radius 2 is 2.43 bits per heavy atom. The Labute approximate surface area is 82.5 Å². The molecule has 1 aliphatic rings. The highest BCUT2D eigenvalue weighted by molar-refractivity contribution is 7.94. The molecule has 5 heteroatoms. The van der Waals surface area contributed by atoms with E-state index in [1.54, 1.807) is 18.6 Å². The minimum atomic E-state index is -2.95. The molecule has 1 N–H and O–H groups in total. The molecule has 4 nitrogen and oxygen atoms in total. The summed E-state index contributed by atoms with van der Waals surface area (Å²) >= 11 is 0. The first kappa shape index (κ1) is 9.48. The summed E-state index contributed by atoms with van der Waals surface area (Å²) in [5, 5.41) is 4.38. The van der Waals surface area contributed by atoms with Crippen LogP contribution in [0.2, 0.25) is 0 Å².